The molecule has 2 aliphatic heterocycles. The summed E-state index contributed by atoms with van der Waals surface area (Å²) in [6, 6.07) is 6.54. The van der Waals surface area contributed by atoms with Gasteiger partial charge in [-0.1, -0.05) is 18.6 Å². The predicted molar refractivity (Wildman–Crippen MR) is 99.3 cm³/mol. The molecule has 1 aromatic rings. The molecule has 5 nitrogen and oxygen atoms in total. The van der Waals surface area contributed by atoms with Crippen LogP contribution in [0.15, 0.2) is 24.3 Å². The number of likely N-dealkylation sites (tertiary alicyclic amines) is 2. The first-order chi connectivity index (χ1) is 12.5. The largest absolute Gasteiger partial charge is 0.380 e. The molecule has 0 aromatic heterocycles. The third kappa shape index (κ3) is 4.61. The van der Waals surface area contributed by atoms with Gasteiger partial charge in [0, 0.05) is 19.6 Å². The fourth-order valence-electron chi connectivity index (χ4n) is 3.94. The normalized spacial score (nSPS) is 22.7. The van der Waals surface area contributed by atoms with Crippen LogP contribution >= 0.6 is 0 Å². The number of carbonyl (C=O) groups is 1. The van der Waals surface area contributed by atoms with Crippen molar-refractivity contribution in [2.24, 2.45) is 0 Å². The number of hydrogen-bond donors (Lipinski definition) is 2. The van der Waals surface area contributed by atoms with Crippen molar-refractivity contribution in [3.05, 3.63) is 35.6 Å². The zero-order chi connectivity index (χ0) is 18.6. The second-order valence-electron chi connectivity index (χ2n) is 7.71. The maximum Gasteiger partial charge on any atom is 0.252 e. The lowest BCUT2D eigenvalue weighted by Crippen LogP contribution is -2.54. The van der Waals surface area contributed by atoms with Crippen LogP contribution in [0.3, 0.4) is 0 Å². The smallest absolute Gasteiger partial charge is 0.252 e. The molecular formula is C20H30FN3O2. The highest BCUT2D eigenvalue weighted by Crippen LogP contribution is 2.26. The van der Waals surface area contributed by atoms with Crippen LogP contribution < -0.4 is 5.32 Å². The number of carbonyl (C=O) groups excluding carboxylic acids is 1. The predicted octanol–water partition coefficient (Wildman–Crippen LogP) is 1.93. The molecule has 0 saturated carbocycles. The summed E-state index contributed by atoms with van der Waals surface area (Å²) in [6.45, 7) is 3.83. The summed E-state index contributed by atoms with van der Waals surface area (Å²) < 4.78 is 13.3. The first-order valence-corrected chi connectivity index (χ1v) is 9.67. The molecule has 2 heterocycles. The van der Waals surface area contributed by atoms with Crippen LogP contribution in [-0.4, -0.2) is 66.2 Å². The first-order valence-electron chi connectivity index (χ1n) is 9.67. The Kier molecular flexibility index (Phi) is 6.27. The molecule has 2 aliphatic rings. The van der Waals surface area contributed by atoms with Gasteiger partial charge in [0.2, 0.25) is 0 Å². The van der Waals surface area contributed by atoms with Gasteiger partial charge in [0.25, 0.3) is 5.91 Å². The molecule has 1 atom stereocenters. The fraction of sp³-hybridized carbons (Fsp3) is 0.650. The standard InChI is InChI=1S/C20H30FN3O2/c1-23-13-9-20(26,10-14-23)19(25)22-15-18(24-11-3-2-4-12-24)16-5-7-17(21)8-6-16/h5-8,18,26H,2-4,9-15H2,1H3,(H,22,25). The maximum atomic E-state index is 13.3. The van der Waals surface area contributed by atoms with Gasteiger partial charge >= 0.3 is 0 Å². The Morgan fingerprint density at radius 2 is 1.77 bits per heavy atom. The highest BCUT2D eigenvalue weighted by Gasteiger charge is 2.38. The Morgan fingerprint density at radius 3 is 2.38 bits per heavy atom. The van der Waals surface area contributed by atoms with Gasteiger partial charge in [-0.3, -0.25) is 9.69 Å². The highest BCUT2D eigenvalue weighted by molar-refractivity contribution is 5.85. The average Bonchev–Trinajstić information content (AvgIpc) is 2.66. The topological polar surface area (TPSA) is 55.8 Å². The summed E-state index contributed by atoms with van der Waals surface area (Å²) in [5, 5.41) is 13.7. The number of halogens is 1. The third-order valence-electron chi connectivity index (χ3n) is 5.78. The average molecular weight is 363 g/mol. The van der Waals surface area contributed by atoms with Crippen LogP contribution in [0.4, 0.5) is 4.39 Å². The van der Waals surface area contributed by atoms with Crippen molar-refractivity contribution in [3.8, 4) is 0 Å². The second kappa shape index (κ2) is 8.46. The maximum absolute atomic E-state index is 13.3. The van der Waals surface area contributed by atoms with E-state index < -0.39 is 5.60 Å². The van der Waals surface area contributed by atoms with Crippen LogP contribution in [0.1, 0.15) is 43.7 Å². The number of amides is 1. The van der Waals surface area contributed by atoms with Crippen LogP contribution in [-0.2, 0) is 4.79 Å². The van der Waals surface area contributed by atoms with Crippen molar-refractivity contribution >= 4 is 5.91 Å². The van der Waals surface area contributed by atoms with Gasteiger partial charge in [0.05, 0.1) is 6.04 Å². The fourth-order valence-corrected chi connectivity index (χ4v) is 3.94. The summed E-state index contributed by atoms with van der Waals surface area (Å²) in [5.41, 5.74) is -0.272. The van der Waals surface area contributed by atoms with Gasteiger partial charge in [0.1, 0.15) is 11.4 Å². The summed E-state index contributed by atoms with van der Waals surface area (Å²) >= 11 is 0. The van der Waals surface area contributed by atoms with Crippen molar-refractivity contribution in [2.45, 2.75) is 43.7 Å². The van der Waals surface area contributed by atoms with Crippen molar-refractivity contribution in [2.75, 3.05) is 39.8 Å². The number of aliphatic hydroxyl groups is 1. The molecule has 1 unspecified atom stereocenters. The SMILES string of the molecule is CN1CCC(O)(C(=O)NCC(c2ccc(F)cc2)N2CCCCC2)CC1. The number of benzene rings is 1. The van der Waals surface area contributed by atoms with E-state index in [1.807, 2.05) is 7.05 Å². The van der Waals surface area contributed by atoms with E-state index in [1.165, 1.54) is 18.6 Å². The minimum Gasteiger partial charge on any atom is -0.380 e. The van der Waals surface area contributed by atoms with Gasteiger partial charge in [-0.15, -0.1) is 0 Å². The summed E-state index contributed by atoms with van der Waals surface area (Å²) in [4.78, 5) is 17.1. The lowest BCUT2D eigenvalue weighted by molar-refractivity contribution is -0.144. The van der Waals surface area contributed by atoms with Gasteiger partial charge < -0.3 is 15.3 Å². The van der Waals surface area contributed by atoms with Crippen LogP contribution in [0, 0.1) is 5.82 Å². The molecule has 0 spiro atoms. The molecule has 3 rings (SSSR count). The lowest BCUT2D eigenvalue weighted by atomic mass is 9.90. The first kappa shape index (κ1) is 19.3. The number of nitrogens with one attached hydrogen (secondary N) is 1. The van der Waals surface area contributed by atoms with Gasteiger partial charge in [-0.2, -0.15) is 0 Å². The summed E-state index contributed by atoms with van der Waals surface area (Å²) in [5.74, 6) is -0.537. The molecule has 1 aromatic carbocycles. The second-order valence-corrected chi connectivity index (χ2v) is 7.71. The van der Waals surface area contributed by atoms with E-state index in [0.29, 0.717) is 19.4 Å². The van der Waals surface area contributed by atoms with E-state index in [-0.39, 0.29) is 17.8 Å². The van der Waals surface area contributed by atoms with E-state index in [4.69, 9.17) is 0 Å². The molecule has 6 heteroatoms. The molecule has 2 N–H and O–H groups in total. The van der Waals surface area contributed by atoms with Gasteiger partial charge in [-0.05, 0) is 63.5 Å². The molecule has 144 valence electrons. The Morgan fingerprint density at radius 1 is 1.15 bits per heavy atom. The Balaban J connectivity index is 1.67. The zero-order valence-electron chi connectivity index (χ0n) is 15.6. The van der Waals surface area contributed by atoms with Crippen molar-refractivity contribution in [1.82, 2.24) is 15.1 Å². The minimum atomic E-state index is -1.28. The Labute approximate surface area is 155 Å². The quantitative estimate of drug-likeness (QED) is 0.839. The van der Waals surface area contributed by atoms with E-state index in [0.717, 1.165) is 44.6 Å². The summed E-state index contributed by atoms with van der Waals surface area (Å²) in [7, 11) is 2.00. The third-order valence-corrected chi connectivity index (χ3v) is 5.78. The van der Waals surface area contributed by atoms with Crippen LogP contribution in [0.25, 0.3) is 0 Å². The molecule has 26 heavy (non-hydrogen) atoms. The van der Waals surface area contributed by atoms with Crippen LogP contribution in [0.2, 0.25) is 0 Å². The van der Waals surface area contributed by atoms with Gasteiger partial charge in [0.15, 0.2) is 0 Å². The van der Waals surface area contributed by atoms with Crippen LogP contribution in [0.5, 0.6) is 0 Å². The molecule has 1 amide bonds. The van der Waals surface area contributed by atoms with E-state index in [9.17, 15) is 14.3 Å². The van der Waals surface area contributed by atoms with E-state index in [2.05, 4.69) is 15.1 Å². The monoisotopic (exact) mass is 363 g/mol. The number of rotatable bonds is 5. The van der Waals surface area contributed by atoms with E-state index >= 15 is 0 Å². The molecule has 0 bridgehead atoms. The Hall–Kier alpha value is -1.50. The van der Waals surface area contributed by atoms with Crippen molar-refractivity contribution < 1.29 is 14.3 Å². The molecular weight excluding hydrogens is 333 g/mol. The molecule has 2 saturated heterocycles. The molecule has 2 fully saturated rings. The number of hydrogen-bond acceptors (Lipinski definition) is 4. The van der Waals surface area contributed by atoms with Crippen molar-refractivity contribution in [1.29, 1.82) is 0 Å². The number of nitrogens with zero attached hydrogens (tertiary/aromatic N) is 2. The zero-order valence-corrected chi connectivity index (χ0v) is 15.6. The highest BCUT2D eigenvalue weighted by atomic mass is 19.1. The van der Waals surface area contributed by atoms with Gasteiger partial charge in [-0.25, -0.2) is 4.39 Å². The van der Waals surface area contributed by atoms with Crippen molar-refractivity contribution in [3.63, 3.8) is 0 Å². The Bertz CT molecular complexity index is 594. The number of piperidine rings is 2. The molecule has 0 aliphatic carbocycles. The minimum absolute atomic E-state index is 0.00899. The van der Waals surface area contributed by atoms with E-state index in [1.54, 1.807) is 12.1 Å². The molecule has 0 radical (unpaired) electrons. The summed E-state index contributed by atoms with van der Waals surface area (Å²) in [6.07, 6.45) is 4.43. The lowest BCUT2D eigenvalue weighted by Gasteiger charge is -2.37.